The number of nitriles is 1. The smallest absolute Gasteiger partial charge is 0.211 e. The van der Waals surface area contributed by atoms with E-state index in [0.717, 1.165) is 33.7 Å². The zero-order valence-electron chi connectivity index (χ0n) is 11.8. The zero-order valence-corrected chi connectivity index (χ0v) is 11.8. The van der Waals surface area contributed by atoms with Crippen molar-refractivity contribution in [3.05, 3.63) is 22.3 Å². The van der Waals surface area contributed by atoms with Crippen LogP contribution in [0.2, 0.25) is 0 Å². The second-order valence-electron chi connectivity index (χ2n) is 5.38. The van der Waals surface area contributed by atoms with Gasteiger partial charge in [-0.3, -0.25) is 4.79 Å². The number of amides is 1. The Bertz CT molecular complexity index is 587. The average molecular weight is 258 g/mol. The van der Waals surface area contributed by atoms with E-state index in [-0.39, 0.29) is 0 Å². The van der Waals surface area contributed by atoms with Crippen LogP contribution in [-0.2, 0) is 11.2 Å². The van der Waals surface area contributed by atoms with Gasteiger partial charge in [0.25, 0.3) is 0 Å². The number of hydrogen-bond donors (Lipinski definition) is 1. The third-order valence-corrected chi connectivity index (χ3v) is 3.94. The standard InChI is InChI=1S/C15H18N2O2/c1-9-10(2)14-12(11(3)13(9)17-8-18)7-15(4,19-14)5-6-16/h8H,5,7H2,1-4H3,(H,17,18). The Kier molecular flexibility index (Phi) is 3.23. The van der Waals surface area contributed by atoms with Crippen LogP contribution >= 0.6 is 0 Å². The van der Waals surface area contributed by atoms with Crippen molar-refractivity contribution in [2.75, 3.05) is 5.32 Å². The van der Waals surface area contributed by atoms with E-state index in [1.165, 1.54) is 0 Å². The number of fused-ring (bicyclic) bond motifs is 1. The minimum absolute atomic E-state index is 0.357. The first-order valence-electron chi connectivity index (χ1n) is 6.32. The van der Waals surface area contributed by atoms with E-state index in [0.29, 0.717) is 19.3 Å². The summed E-state index contributed by atoms with van der Waals surface area (Å²) in [5.41, 5.74) is 4.59. The SMILES string of the molecule is Cc1c(C)c2c(c(C)c1NC=O)CC(C)(CC#N)O2. The van der Waals surface area contributed by atoms with Crippen LogP contribution in [0, 0.1) is 32.1 Å². The van der Waals surface area contributed by atoms with Crippen molar-refractivity contribution in [1.82, 2.24) is 0 Å². The molecule has 1 atom stereocenters. The predicted molar refractivity (Wildman–Crippen MR) is 73.3 cm³/mol. The molecular formula is C15H18N2O2. The van der Waals surface area contributed by atoms with Crippen LogP contribution in [0.5, 0.6) is 5.75 Å². The highest BCUT2D eigenvalue weighted by atomic mass is 16.5. The van der Waals surface area contributed by atoms with Crippen molar-refractivity contribution in [2.24, 2.45) is 0 Å². The van der Waals surface area contributed by atoms with Gasteiger partial charge in [-0.15, -0.1) is 0 Å². The maximum Gasteiger partial charge on any atom is 0.211 e. The van der Waals surface area contributed by atoms with Gasteiger partial charge in [0, 0.05) is 17.7 Å². The molecule has 1 amide bonds. The van der Waals surface area contributed by atoms with Crippen LogP contribution in [0.4, 0.5) is 5.69 Å². The molecule has 0 spiro atoms. The lowest BCUT2D eigenvalue weighted by Crippen LogP contribution is -2.29. The van der Waals surface area contributed by atoms with Crippen molar-refractivity contribution < 1.29 is 9.53 Å². The second kappa shape index (κ2) is 4.58. The lowest BCUT2D eigenvalue weighted by molar-refractivity contribution is -0.105. The molecule has 1 aliphatic heterocycles. The Labute approximate surface area is 113 Å². The molecule has 0 saturated carbocycles. The van der Waals surface area contributed by atoms with Crippen molar-refractivity contribution in [3.8, 4) is 11.8 Å². The van der Waals surface area contributed by atoms with Crippen molar-refractivity contribution >= 4 is 12.1 Å². The monoisotopic (exact) mass is 258 g/mol. The van der Waals surface area contributed by atoms with E-state index >= 15 is 0 Å². The Morgan fingerprint density at radius 3 is 2.63 bits per heavy atom. The highest BCUT2D eigenvalue weighted by Gasteiger charge is 2.37. The average Bonchev–Trinajstić information content (AvgIpc) is 2.71. The molecule has 0 bridgehead atoms. The summed E-state index contributed by atoms with van der Waals surface area (Å²) in [6.07, 6.45) is 1.76. The first-order valence-corrected chi connectivity index (χ1v) is 6.32. The van der Waals surface area contributed by atoms with Crippen molar-refractivity contribution in [1.29, 1.82) is 5.26 Å². The highest BCUT2D eigenvalue weighted by Crippen LogP contribution is 2.45. The molecule has 4 nitrogen and oxygen atoms in total. The van der Waals surface area contributed by atoms with Crippen LogP contribution in [0.25, 0.3) is 0 Å². The van der Waals surface area contributed by atoms with E-state index < -0.39 is 5.60 Å². The number of hydrogen-bond acceptors (Lipinski definition) is 3. The van der Waals surface area contributed by atoms with Crippen LogP contribution < -0.4 is 10.1 Å². The lowest BCUT2D eigenvalue weighted by atomic mass is 9.90. The topological polar surface area (TPSA) is 62.1 Å². The molecule has 2 rings (SSSR count). The minimum atomic E-state index is -0.459. The normalized spacial score (nSPS) is 20.4. The van der Waals surface area contributed by atoms with Gasteiger partial charge in [-0.2, -0.15) is 5.26 Å². The largest absolute Gasteiger partial charge is 0.486 e. The third kappa shape index (κ3) is 2.06. The second-order valence-corrected chi connectivity index (χ2v) is 5.38. The summed E-state index contributed by atoms with van der Waals surface area (Å²) >= 11 is 0. The molecule has 0 aromatic heterocycles. The van der Waals surface area contributed by atoms with Gasteiger partial charge in [0.1, 0.15) is 11.4 Å². The summed E-state index contributed by atoms with van der Waals surface area (Å²) in [5, 5.41) is 11.7. The third-order valence-electron chi connectivity index (χ3n) is 3.94. The fourth-order valence-electron chi connectivity index (χ4n) is 2.74. The van der Waals surface area contributed by atoms with Gasteiger partial charge in [0.05, 0.1) is 12.5 Å². The van der Waals surface area contributed by atoms with Gasteiger partial charge in [-0.1, -0.05) is 0 Å². The summed E-state index contributed by atoms with van der Waals surface area (Å²) in [6, 6.07) is 2.18. The van der Waals surface area contributed by atoms with Crippen molar-refractivity contribution in [2.45, 2.75) is 46.1 Å². The summed E-state index contributed by atoms with van der Waals surface area (Å²) in [6.45, 7) is 7.90. The van der Waals surface area contributed by atoms with Gasteiger partial charge in [-0.05, 0) is 44.4 Å². The number of carbonyl (C=O) groups excluding carboxylic acids is 1. The molecule has 1 aromatic rings. The quantitative estimate of drug-likeness (QED) is 0.848. The lowest BCUT2D eigenvalue weighted by Gasteiger charge is -2.21. The summed E-state index contributed by atoms with van der Waals surface area (Å²) in [7, 11) is 0. The van der Waals surface area contributed by atoms with Crippen LogP contribution in [0.15, 0.2) is 0 Å². The fraction of sp³-hybridized carbons (Fsp3) is 0.467. The Balaban J connectivity index is 2.57. The van der Waals surface area contributed by atoms with E-state index in [2.05, 4.69) is 11.4 Å². The number of nitrogens with one attached hydrogen (secondary N) is 1. The number of carbonyl (C=O) groups is 1. The Morgan fingerprint density at radius 2 is 2.05 bits per heavy atom. The number of nitrogens with zero attached hydrogens (tertiary/aromatic N) is 1. The number of anilines is 1. The van der Waals surface area contributed by atoms with Crippen LogP contribution in [0.3, 0.4) is 0 Å². The molecular weight excluding hydrogens is 240 g/mol. The maximum absolute atomic E-state index is 10.7. The molecule has 1 N–H and O–H groups in total. The predicted octanol–water partition coefficient (Wildman–Crippen LogP) is 2.79. The van der Waals surface area contributed by atoms with E-state index in [1.807, 2.05) is 27.7 Å². The number of benzene rings is 1. The van der Waals surface area contributed by atoms with Crippen LogP contribution in [-0.4, -0.2) is 12.0 Å². The molecule has 100 valence electrons. The molecule has 1 heterocycles. The zero-order chi connectivity index (χ0) is 14.2. The van der Waals surface area contributed by atoms with E-state index in [1.54, 1.807) is 0 Å². The molecule has 4 heteroatoms. The fourth-order valence-corrected chi connectivity index (χ4v) is 2.74. The van der Waals surface area contributed by atoms with Gasteiger partial charge in [0.2, 0.25) is 6.41 Å². The Hall–Kier alpha value is -2.02. The summed E-state index contributed by atoms with van der Waals surface area (Å²) < 4.78 is 6.02. The van der Waals surface area contributed by atoms with E-state index in [9.17, 15) is 4.79 Å². The highest BCUT2D eigenvalue weighted by molar-refractivity contribution is 5.79. The van der Waals surface area contributed by atoms with Gasteiger partial charge < -0.3 is 10.1 Å². The molecule has 19 heavy (non-hydrogen) atoms. The summed E-state index contributed by atoms with van der Waals surface area (Å²) in [4.78, 5) is 10.7. The molecule has 1 aromatic carbocycles. The molecule has 0 fully saturated rings. The maximum atomic E-state index is 10.7. The first-order chi connectivity index (χ1) is 8.93. The van der Waals surface area contributed by atoms with E-state index in [4.69, 9.17) is 10.00 Å². The van der Waals surface area contributed by atoms with Gasteiger partial charge >= 0.3 is 0 Å². The molecule has 1 aliphatic rings. The number of ether oxygens (including phenoxy) is 1. The van der Waals surface area contributed by atoms with Gasteiger partial charge in [0.15, 0.2) is 0 Å². The first kappa shape index (κ1) is 13.4. The molecule has 1 unspecified atom stereocenters. The van der Waals surface area contributed by atoms with Crippen molar-refractivity contribution in [3.63, 3.8) is 0 Å². The van der Waals surface area contributed by atoms with Crippen LogP contribution in [0.1, 0.15) is 35.6 Å². The summed E-state index contributed by atoms with van der Waals surface area (Å²) in [5.74, 6) is 0.879. The number of rotatable bonds is 3. The molecule has 0 saturated heterocycles. The van der Waals surface area contributed by atoms with Gasteiger partial charge in [-0.25, -0.2) is 0 Å². The minimum Gasteiger partial charge on any atom is -0.486 e. The molecule has 0 radical (unpaired) electrons. The molecule has 0 aliphatic carbocycles. The Morgan fingerprint density at radius 1 is 1.37 bits per heavy atom.